The summed E-state index contributed by atoms with van der Waals surface area (Å²) in [6.45, 7) is 8.18. The first-order valence-corrected chi connectivity index (χ1v) is 8.42. The lowest BCUT2D eigenvalue weighted by atomic mass is 9.94. The third kappa shape index (κ3) is 2.90. The number of piperazine rings is 1. The predicted molar refractivity (Wildman–Crippen MR) is 94.9 cm³/mol. The molecular formula is C19H25N3O2. The van der Waals surface area contributed by atoms with Crippen LogP contribution in [0.3, 0.4) is 0 Å². The van der Waals surface area contributed by atoms with Crippen LogP contribution in [0.5, 0.6) is 0 Å². The molecule has 0 aliphatic carbocycles. The van der Waals surface area contributed by atoms with Crippen molar-refractivity contribution in [2.75, 3.05) is 26.2 Å². The molecule has 1 aromatic carbocycles. The average Bonchev–Trinajstić information content (AvgIpc) is 2.90. The van der Waals surface area contributed by atoms with E-state index in [0.29, 0.717) is 31.9 Å². The first-order chi connectivity index (χ1) is 11.3. The van der Waals surface area contributed by atoms with Crippen LogP contribution >= 0.6 is 0 Å². The van der Waals surface area contributed by atoms with E-state index in [-0.39, 0.29) is 17.2 Å². The van der Waals surface area contributed by atoms with Crippen LogP contribution in [0.25, 0.3) is 10.9 Å². The summed E-state index contributed by atoms with van der Waals surface area (Å²) < 4.78 is 1.95. The van der Waals surface area contributed by atoms with Crippen LogP contribution in [0.4, 0.5) is 0 Å². The number of amides is 2. The normalized spacial score (nSPS) is 15.8. The Morgan fingerprint density at radius 2 is 1.54 bits per heavy atom. The number of para-hydroxylation sites is 1. The Labute approximate surface area is 142 Å². The topological polar surface area (TPSA) is 45.6 Å². The van der Waals surface area contributed by atoms with Gasteiger partial charge in [0.25, 0.3) is 5.91 Å². The lowest BCUT2D eigenvalue weighted by Gasteiger charge is -2.37. The molecule has 0 atom stereocenters. The number of aryl methyl sites for hydroxylation is 1. The molecule has 1 aliphatic heterocycles. The molecule has 5 nitrogen and oxygen atoms in total. The number of rotatable bonds is 1. The predicted octanol–water partition coefficient (Wildman–Crippen LogP) is 2.51. The van der Waals surface area contributed by atoms with Gasteiger partial charge in [0, 0.05) is 49.5 Å². The highest BCUT2D eigenvalue weighted by Gasteiger charge is 2.31. The zero-order valence-corrected chi connectivity index (χ0v) is 14.9. The van der Waals surface area contributed by atoms with Gasteiger partial charge in [-0.15, -0.1) is 0 Å². The van der Waals surface area contributed by atoms with Gasteiger partial charge in [-0.05, 0) is 12.1 Å². The van der Waals surface area contributed by atoms with Gasteiger partial charge in [-0.2, -0.15) is 0 Å². The second-order valence-corrected chi connectivity index (χ2v) is 7.48. The zero-order valence-electron chi connectivity index (χ0n) is 14.9. The first kappa shape index (κ1) is 16.6. The van der Waals surface area contributed by atoms with Crippen molar-refractivity contribution in [3.63, 3.8) is 0 Å². The van der Waals surface area contributed by atoms with Crippen LogP contribution in [0.1, 0.15) is 31.3 Å². The Hall–Kier alpha value is -2.30. The summed E-state index contributed by atoms with van der Waals surface area (Å²) in [5, 5.41) is 1.07. The molecule has 0 spiro atoms. The molecule has 1 fully saturated rings. The highest BCUT2D eigenvalue weighted by atomic mass is 16.2. The van der Waals surface area contributed by atoms with Gasteiger partial charge in [-0.3, -0.25) is 9.59 Å². The third-order valence-corrected chi connectivity index (χ3v) is 4.67. The summed E-state index contributed by atoms with van der Waals surface area (Å²) in [5.41, 5.74) is 1.39. The standard InChI is InChI=1S/C19H25N3O2/c1-19(2,3)18(24)22-11-9-21(10-12-22)17(23)16-13-14-7-5-6-8-15(14)20(16)4/h5-8,13H,9-12H2,1-4H3. The molecule has 0 N–H and O–H groups in total. The molecular weight excluding hydrogens is 302 g/mol. The summed E-state index contributed by atoms with van der Waals surface area (Å²) in [6, 6.07) is 9.95. The van der Waals surface area contributed by atoms with Crippen LogP contribution in [-0.2, 0) is 11.8 Å². The van der Waals surface area contributed by atoms with Crippen LogP contribution in [0.15, 0.2) is 30.3 Å². The first-order valence-electron chi connectivity index (χ1n) is 8.42. The molecule has 2 aromatic rings. The van der Waals surface area contributed by atoms with Crippen molar-refractivity contribution in [1.82, 2.24) is 14.4 Å². The Morgan fingerprint density at radius 3 is 2.12 bits per heavy atom. The number of nitrogens with zero attached hydrogens (tertiary/aromatic N) is 3. The maximum Gasteiger partial charge on any atom is 0.270 e. The SMILES string of the molecule is Cn1c(C(=O)N2CCN(C(=O)C(C)(C)C)CC2)cc2ccccc21. The summed E-state index contributed by atoms with van der Waals surface area (Å²) in [4.78, 5) is 28.9. The maximum absolute atomic E-state index is 12.9. The summed E-state index contributed by atoms with van der Waals surface area (Å²) >= 11 is 0. The quantitative estimate of drug-likeness (QED) is 0.808. The molecule has 2 heterocycles. The van der Waals surface area contributed by atoms with E-state index in [1.54, 1.807) is 0 Å². The van der Waals surface area contributed by atoms with E-state index >= 15 is 0 Å². The number of benzene rings is 1. The molecule has 5 heteroatoms. The molecule has 0 bridgehead atoms. The average molecular weight is 327 g/mol. The fourth-order valence-electron chi connectivity index (χ4n) is 3.24. The monoisotopic (exact) mass is 327 g/mol. The zero-order chi connectivity index (χ0) is 17.5. The smallest absolute Gasteiger partial charge is 0.270 e. The molecule has 0 saturated carbocycles. The van der Waals surface area contributed by atoms with E-state index in [1.165, 1.54) is 0 Å². The van der Waals surface area contributed by atoms with E-state index in [4.69, 9.17) is 0 Å². The van der Waals surface area contributed by atoms with Gasteiger partial charge in [-0.1, -0.05) is 39.0 Å². The molecule has 24 heavy (non-hydrogen) atoms. The largest absolute Gasteiger partial charge is 0.340 e. The van der Waals surface area contributed by atoms with Crippen molar-refractivity contribution in [3.05, 3.63) is 36.0 Å². The Balaban J connectivity index is 1.73. The Morgan fingerprint density at radius 1 is 0.958 bits per heavy atom. The second-order valence-electron chi connectivity index (χ2n) is 7.48. The molecule has 0 unspecified atom stereocenters. The minimum Gasteiger partial charge on any atom is -0.340 e. The number of carbonyl (C=O) groups excluding carboxylic acids is 2. The van der Waals surface area contributed by atoms with E-state index < -0.39 is 0 Å². The highest BCUT2D eigenvalue weighted by Crippen LogP contribution is 2.22. The summed E-state index contributed by atoms with van der Waals surface area (Å²) in [5.74, 6) is 0.191. The molecule has 1 saturated heterocycles. The fourth-order valence-corrected chi connectivity index (χ4v) is 3.24. The van der Waals surface area contributed by atoms with Gasteiger partial charge >= 0.3 is 0 Å². The van der Waals surface area contributed by atoms with E-state index in [1.807, 2.05) is 72.5 Å². The van der Waals surface area contributed by atoms with Crippen LogP contribution in [0.2, 0.25) is 0 Å². The minimum absolute atomic E-state index is 0.0385. The lowest BCUT2D eigenvalue weighted by Crippen LogP contribution is -2.53. The number of hydrogen-bond donors (Lipinski definition) is 0. The number of fused-ring (bicyclic) bond motifs is 1. The van der Waals surface area contributed by atoms with Crippen molar-refractivity contribution in [2.45, 2.75) is 20.8 Å². The van der Waals surface area contributed by atoms with Crippen LogP contribution < -0.4 is 0 Å². The molecule has 0 radical (unpaired) electrons. The lowest BCUT2D eigenvalue weighted by molar-refractivity contribution is -0.140. The van der Waals surface area contributed by atoms with E-state index in [9.17, 15) is 9.59 Å². The Kier molecular flexibility index (Phi) is 4.11. The Bertz CT molecular complexity index is 777. The van der Waals surface area contributed by atoms with E-state index in [0.717, 1.165) is 10.9 Å². The van der Waals surface area contributed by atoms with Gasteiger partial charge in [0.1, 0.15) is 5.69 Å². The van der Waals surface area contributed by atoms with Crippen molar-refractivity contribution >= 4 is 22.7 Å². The highest BCUT2D eigenvalue weighted by molar-refractivity contribution is 5.98. The second kappa shape index (κ2) is 5.96. The van der Waals surface area contributed by atoms with Gasteiger partial charge in [0.15, 0.2) is 0 Å². The van der Waals surface area contributed by atoms with Gasteiger partial charge in [0.2, 0.25) is 5.91 Å². The molecule has 1 aromatic heterocycles. The van der Waals surface area contributed by atoms with Gasteiger partial charge < -0.3 is 14.4 Å². The van der Waals surface area contributed by atoms with E-state index in [2.05, 4.69) is 0 Å². The molecule has 1 aliphatic rings. The summed E-state index contributed by atoms with van der Waals surface area (Å²) in [6.07, 6.45) is 0. The van der Waals surface area contributed by atoms with Crippen molar-refractivity contribution < 1.29 is 9.59 Å². The fraction of sp³-hybridized carbons (Fsp3) is 0.474. The number of hydrogen-bond acceptors (Lipinski definition) is 2. The van der Waals surface area contributed by atoms with Crippen LogP contribution in [0, 0.1) is 5.41 Å². The van der Waals surface area contributed by atoms with Crippen molar-refractivity contribution in [2.24, 2.45) is 12.5 Å². The number of aromatic nitrogens is 1. The van der Waals surface area contributed by atoms with Crippen LogP contribution in [-0.4, -0.2) is 52.4 Å². The van der Waals surface area contributed by atoms with Gasteiger partial charge in [-0.25, -0.2) is 0 Å². The van der Waals surface area contributed by atoms with Gasteiger partial charge in [0.05, 0.1) is 0 Å². The molecule has 2 amide bonds. The minimum atomic E-state index is -0.373. The third-order valence-electron chi connectivity index (χ3n) is 4.67. The maximum atomic E-state index is 12.9. The van der Waals surface area contributed by atoms with Crippen molar-refractivity contribution in [3.8, 4) is 0 Å². The summed E-state index contributed by atoms with van der Waals surface area (Å²) in [7, 11) is 1.93. The number of carbonyl (C=O) groups is 2. The van der Waals surface area contributed by atoms with Crippen molar-refractivity contribution in [1.29, 1.82) is 0 Å². The molecule has 3 rings (SSSR count). The molecule has 128 valence electrons.